The van der Waals surface area contributed by atoms with Crippen LogP contribution in [-0.2, 0) is 18.6 Å². The summed E-state index contributed by atoms with van der Waals surface area (Å²) in [6, 6.07) is 30.5. The highest BCUT2D eigenvalue weighted by atomic mass is 16.5. The van der Waals surface area contributed by atoms with E-state index < -0.39 is 0 Å². The van der Waals surface area contributed by atoms with E-state index in [1.54, 1.807) is 0 Å². The van der Waals surface area contributed by atoms with Crippen molar-refractivity contribution in [3.63, 3.8) is 0 Å². The predicted molar refractivity (Wildman–Crippen MR) is 138 cm³/mol. The van der Waals surface area contributed by atoms with Crippen molar-refractivity contribution in [1.82, 2.24) is 10.2 Å². The molecule has 1 heterocycles. The summed E-state index contributed by atoms with van der Waals surface area (Å²) in [5, 5.41) is 8.65. The molecule has 0 unspecified atom stereocenters. The molecule has 0 aliphatic rings. The molecule has 34 heavy (non-hydrogen) atoms. The quantitative estimate of drug-likeness (QED) is 0.287. The zero-order valence-electron chi connectivity index (χ0n) is 19.9. The minimum atomic E-state index is 0.133. The van der Waals surface area contributed by atoms with E-state index in [9.17, 15) is 0 Å². The van der Waals surface area contributed by atoms with Crippen molar-refractivity contribution in [1.29, 1.82) is 0 Å². The third-order valence-electron chi connectivity index (χ3n) is 5.42. The normalized spacial score (nSPS) is 11.5. The van der Waals surface area contributed by atoms with Gasteiger partial charge in [0.05, 0.1) is 5.69 Å². The lowest BCUT2D eigenvalue weighted by atomic mass is 9.87. The molecule has 4 heteroatoms. The molecule has 0 bridgehead atoms. The SMILES string of the molecule is CC(C)(C)c1ccc(C=Cc2cc(OCc3ccccc3)c(OCc3ccccc3)nn2)cc1. The Kier molecular flexibility index (Phi) is 7.38. The van der Waals surface area contributed by atoms with Crippen LogP contribution in [0, 0.1) is 0 Å². The molecule has 0 saturated heterocycles. The Bertz CT molecular complexity index is 1210. The van der Waals surface area contributed by atoms with Gasteiger partial charge in [-0.2, -0.15) is 0 Å². The van der Waals surface area contributed by atoms with E-state index in [0.717, 1.165) is 16.7 Å². The first-order chi connectivity index (χ1) is 16.5. The van der Waals surface area contributed by atoms with Gasteiger partial charge >= 0.3 is 0 Å². The molecule has 0 atom stereocenters. The van der Waals surface area contributed by atoms with Gasteiger partial charge in [-0.15, -0.1) is 10.2 Å². The molecule has 0 amide bonds. The van der Waals surface area contributed by atoms with E-state index in [2.05, 4.69) is 55.2 Å². The van der Waals surface area contributed by atoms with Crippen LogP contribution in [0.15, 0.2) is 91.0 Å². The third-order valence-corrected chi connectivity index (χ3v) is 5.42. The maximum absolute atomic E-state index is 6.10. The van der Waals surface area contributed by atoms with Gasteiger partial charge in [0, 0.05) is 6.07 Å². The van der Waals surface area contributed by atoms with Crippen molar-refractivity contribution < 1.29 is 9.47 Å². The van der Waals surface area contributed by atoms with Gasteiger partial charge in [-0.05, 0) is 33.7 Å². The first-order valence-electron chi connectivity index (χ1n) is 11.5. The van der Waals surface area contributed by atoms with Crippen LogP contribution < -0.4 is 9.47 Å². The summed E-state index contributed by atoms with van der Waals surface area (Å²) in [5.74, 6) is 0.948. The van der Waals surface area contributed by atoms with Crippen LogP contribution in [0.25, 0.3) is 12.2 Å². The van der Waals surface area contributed by atoms with E-state index in [1.165, 1.54) is 5.56 Å². The smallest absolute Gasteiger partial charge is 0.276 e. The van der Waals surface area contributed by atoms with Crippen LogP contribution in [0.4, 0.5) is 0 Å². The van der Waals surface area contributed by atoms with E-state index in [1.807, 2.05) is 78.9 Å². The molecule has 0 radical (unpaired) electrons. The average molecular weight is 451 g/mol. The van der Waals surface area contributed by atoms with Gasteiger partial charge in [0.2, 0.25) is 0 Å². The van der Waals surface area contributed by atoms with Crippen molar-refractivity contribution in [2.45, 2.75) is 39.4 Å². The zero-order chi connectivity index (χ0) is 23.8. The van der Waals surface area contributed by atoms with Crippen LogP contribution in [-0.4, -0.2) is 10.2 Å². The molecule has 4 rings (SSSR count). The lowest BCUT2D eigenvalue weighted by Crippen LogP contribution is -2.10. The largest absolute Gasteiger partial charge is 0.483 e. The van der Waals surface area contributed by atoms with Gasteiger partial charge in [0.25, 0.3) is 5.88 Å². The van der Waals surface area contributed by atoms with E-state index in [-0.39, 0.29) is 5.41 Å². The Balaban J connectivity index is 1.52. The van der Waals surface area contributed by atoms with Crippen LogP contribution in [0.1, 0.15) is 48.7 Å². The molecule has 0 aliphatic heterocycles. The topological polar surface area (TPSA) is 44.2 Å². The lowest BCUT2D eigenvalue weighted by molar-refractivity contribution is 0.244. The Hall–Kier alpha value is -3.92. The van der Waals surface area contributed by atoms with Crippen LogP contribution in [0.3, 0.4) is 0 Å². The monoisotopic (exact) mass is 450 g/mol. The molecular weight excluding hydrogens is 420 g/mol. The molecule has 0 fully saturated rings. The van der Waals surface area contributed by atoms with Gasteiger partial charge in [-0.3, -0.25) is 0 Å². The van der Waals surface area contributed by atoms with Crippen molar-refractivity contribution in [3.05, 3.63) is 119 Å². The maximum Gasteiger partial charge on any atom is 0.276 e. The third kappa shape index (κ3) is 6.55. The summed E-state index contributed by atoms with van der Waals surface area (Å²) in [5.41, 5.74) is 5.38. The molecule has 0 N–H and O–H groups in total. The average Bonchev–Trinajstić information content (AvgIpc) is 2.86. The summed E-state index contributed by atoms with van der Waals surface area (Å²) >= 11 is 0. The standard InChI is InChI=1S/C30H30N2O2/c1-30(2,3)26-17-14-23(15-18-26)16-19-27-20-28(33-21-24-10-6-4-7-11-24)29(32-31-27)34-22-25-12-8-5-9-13-25/h4-20H,21-22H2,1-3H3. The van der Waals surface area contributed by atoms with E-state index >= 15 is 0 Å². The first kappa shape index (κ1) is 23.2. The first-order valence-corrected chi connectivity index (χ1v) is 11.5. The molecule has 0 saturated carbocycles. The Labute approximate surface area is 201 Å². The minimum Gasteiger partial charge on any atom is -0.483 e. The van der Waals surface area contributed by atoms with Crippen LogP contribution >= 0.6 is 0 Å². The highest BCUT2D eigenvalue weighted by Crippen LogP contribution is 2.27. The second-order valence-electron chi connectivity index (χ2n) is 9.19. The zero-order valence-corrected chi connectivity index (χ0v) is 19.9. The molecule has 3 aromatic carbocycles. The highest BCUT2D eigenvalue weighted by Gasteiger charge is 2.13. The number of hydrogen-bond acceptors (Lipinski definition) is 4. The molecule has 1 aromatic heterocycles. The Morgan fingerprint density at radius 1 is 0.676 bits per heavy atom. The Morgan fingerprint density at radius 3 is 1.85 bits per heavy atom. The summed E-state index contributed by atoms with van der Waals surface area (Å²) in [6.45, 7) is 7.46. The van der Waals surface area contributed by atoms with Crippen molar-refractivity contribution in [2.75, 3.05) is 0 Å². The molecule has 172 valence electrons. The van der Waals surface area contributed by atoms with Crippen molar-refractivity contribution in [3.8, 4) is 11.6 Å². The van der Waals surface area contributed by atoms with Gasteiger partial charge in [-0.25, -0.2) is 0 Å². The maximum atomic E-state index is 6.10. The predicted octanol–water partition coefficient (Wildman–Crippen LogP) is 7.10. The number of benzene rings is 3. The van der Waals surface area contributed by atoms with Crippen LogP contribution in [0.5, 0.6) is 11.6 Å². The lowest BCUT2D eigenvalue weighted by Gasteiger charge is -2.18. The molecule has 4 aromatic rings. The van der Waals surface area contributed by atoms with E-state index in [4.69, 9.17) is 9.47 Å². The summed E-state index contributed by atoms with van der Waals surface area (Å²) in [7, 11) is 0. The van der Waals surface area contributed by atoms with Gasteiger partial charge in [-0.1, -0.05) is 112 Å². The minimum absolute atomic E-state index is 0.133. The number of rotatable bonds is 8. The van der Waals surface area contributed by atoms with Crippen LogP contribution in [0.2, 0.25) is 0 Å². The number of hydrogen-bond donors (Lipinski definition) is 0. The van der Waals surface area contributed by atoms with Crippen molar-refractivity contribution in [2.24, 2.45) is 0 Å². The Morgan fingerprint density at radius 2 is 1.26 bits per heavy atom. The molecule has 0 spiro atoms. The fourth-order valence-electron chi connectivity index (χ4n) is 3.40. The fourth-order valence-corrected chi connectivity index (χ4v) is 3.40. The fraction of sp³-hybridized carbons (Fsp3) is 0.200. The second-order valence-corrected chi connectivity index (χ2v) is 9.19. The number of nitrogens with zero attached hydrogens (tertiary/aromatic N) is 2. The van der Waals surface area contributed by atoms with Gasteiger partial charge < -0.3 is 9.47 Å². The summed E-state index contributed by atoms with van der Waals surface area (Å²) in [4.78, 5) is 0. The second kappa shape index (κ2) is 10.8. The van der Waals surface area contributed by atoms with Gasteiger partial charge in [0.15, 0.2) is 5.75 Å². The number of ether oxygens (including phenoxy) is 2. The molecule has 4 nitrogen and oxygen atoms in total. The summed E-state index contributed by atoms with van der Waals surface area (Å²) in [6.07, 6.45) is 3.97. The van der Waals surface area contributed by atoms with E-state index in [0.29, 0.717) is 30.5 Å². The highest BCUT2D eigenvalue weighted by molar-refractivity contribution is 5.68. The van der Waals surface area contributed by atoms with Crippen molar-refractivity contribution >= 4 is 12.2 Å². The van der Waals surface area contributed by atoms with Gasteiger partial charge in [0.1, 0.15) is 13.2 Å². The molecule has 0 aliphatic carbocycles. The summed E-state index contributed by atoms with van der Waals surface area (Å²) < 4.78 is 12.0. The number of aromatic nitrogens is 2. The molecular formula is C30H30N2O2.